The second-order valence-corrected chi connectivity index (χ2v) is 11.0. The molecular weight excluding hydrogens is 395 g/mol. The Morgan fingerprint density at radius 1 is 1.17 bits per heavy atom. The van der Waals surface area contributed by atoms with Crippen LogP contribution in [0.25, 0.3) is 0 Å². The van der Waals surface area contributed by atoms with E-state index in [4.69, 9.17) is 23.2 Å². The van der Waals surface area contributed by atoms with Gasteiger partial charge in [0, 0.05) is 19.1 Å². The molecule has 0 bridgehead atoms. The summed E-state index contributed by atoms with van der Waals surface area (Å²) in [5.74, 6) is -0.145. The molecule has 0 unspecified atom stereocenters. The Kier molecular flexibility index (Phi) is 6.21. The van der Waals surface area contributed by atoms with Gasteiger partial charge in [0.05, 0.1) is 26.4 Å². The molecule has 0 amide bonds. The van der Waals surface area contributed by atoms with Crippen molar-refractivity contribution in [2.24, 2.45) is 0 Å². The lowest BCUT2D eigenvalue weighted by Crippen LogP contribution is -2.44. The van der Waals surface area contributed by atoms with Gasteiger partial charge in [-0.15, -0.1) is 0 Å². The topological polar surface area (TPSA) is 74.8 Å². The monoisotopic (exact) mass is 414 g/mol. The maximum absolute atomic E-state index is 13.0. The van der Waals surface area contributed by atoms with Gasteiger partial charge in [-0.3, -0.25) is 0 Å². The summed E-state index contributed by atoms with van der Waals surface area (Å²) >= 11 is 11.8. The molecule has 0 saturated carbocycles. The van der Waals surface area contributed by atoms with Gasteiger partial charge in [0.15, 0.2) is 9.84 Å². The van der Waals surface area contributed by atoms with E-state index in [0.717, 1.165) is 0 Å². The van der Waals surface area contributed by atoms with Crippen LogP contribution in [0.4, 0.5) is 0 Å². The minimum absolute atomic E-state index is 0.00697. The van der Waals surface area contributed by atoms with Crippen LogP contribution in [-0.2, 0) is 19.9 Å². The van der Waals surface area contributed by atoms with E-state index in [0.29, 0.717) is 13.0 Å². The summed E-state index contributed by atoms with van der Waals surface area (Å²) in [6.07, 6.45) is 0.302. The number of likely N-dealkylation sites (N-methyl/N-ethyl adjacent to an activating group) is 1. The minimum atomic E-state index is -3.87. The molecule has 24 heavy (non-hydrogen) atoms. The van der Waals surface area contributed by atoms with Crippen LogP contribution in [0.15, 0.2) is 23.1 Å². The third-order valence-electron chi connectivity index (χ3n) is 3.88. The Hall–Kier alpha value is -0.380. The van der Waals surface area contributed by atoms with Crippen LogP contribution >= 0.6 is 23.2 Å². The summed E-state index contributed by atoms with van der Waals surface area (Å²) in [7, 11) is -3.42. The van der Waals surface area contributed by atoms with Gasteiger partial charge in [-0.05, 0) is 38.7 Å². The molecule has 1 fully saturated rings. The molecule has 1 aromatic carbocycles. The quantitative estimate of drug-likeness (QED) is 0.708. The van der Waals surface area contributed by atoms with Gasteiger partial charge in [-0.2, -0.15) is 4.31 Å². The van der Waals surface area contributed by atoms with Crippen molar-refractivity contribution in [3.05, 3.63) is 28.2 Å². The zero-order valence-corrected chi connectivity index (χ0v) is 16.6. The molecule has 2 rings (SSSR count). The molecule has 0 aliphatic carbocycles. The average molecular weight is 415 g/mol. The van der Waals surface area contributed by atoms with Gasteiger partial charge in [-0.1, -0.05) is 23.2 Å². The second kappa shape index (κ2) is 7.47. The van der Waals surface area contributed by atoms with E-state index in [1.54, 1.807) is 0 Å². The molecule has 1 saturated heterocycles. The van der Waals surface area contributed by atoms with Gasteiger partial charge in [0.2, 0.25) is 10.0 Å². The summed E-state index contributed by atoms with van der Waals surface area (Å²) in [6, 6.07) is 3.54. The highest BCUT2D eigenvalue weighted by atomic mass is 35.5. The van der Waals surface area contributed by atoms with Crippen LogP contribution in [0.3, 0.4) is 0 Å². The molecular formula is C14H20Cl2N2O4S2. The first-order valence-electron chi connectivity index (χ1n) is 7.35. The molecule has 6 nitrogen and oxygen atoms in total. The fourth-order valence-electron chi connectivity index (χ4n) is 2.57. The van der Waals surface area contributed by atoms with E-state index in [1.165, 1.54) is 22.5 Å². The summed E-state index contributed by atoms with van der Waals surface area (Å²) in [5.41, 5.74) is 0. The van der Waals surface area contributed by atoms with Crippen molar-refractivity contribution < 1.29 is 16.8 Å². The minimum Gasteiger partial charge on any atom is -0.308 e. The van der Waals surface area contributed by atoms with E-state index in [1.807, 2.05) is 19.0 Å². The van der Waals surface area contributed by atoms with Crippen molar-refractivity contribution >= 4 is 43.1 Å². The standard InChI is InChI=1S/C14H20Cl2N2O4S2/c1-17(2)6-7-18(11-5-8-23(19,20)10-11)24(21,22)12-3-4-13(15)14(16)9-12/h3-4,9,11H,5-8,10H2,1-2H3/t11-/m0/s1. The zero-order chi connectivity index (χ0) is 18.1. The van der Waals surface area contributed by atoms with Crippen LogP contribution in [0.2, 0.25) is 10.0 Å². The average Bonchev–Trinajstić information content (AvgIpc) is 2.81. The molecule has 0 aromatic heterocycles. The SMILES string of the molecule is CN(C)CCN([C@H]1CCS(=O)(=O)C1)S(=O)(=O)c1ccc(Cl)c(Cl)c1. The summed E-state index contributed by atoms with van der Waals surface area (Å²) in [5, 5.41) is 0.406. The van der Waals surface area contributed by atoms with Gasteiger partial charge in [0.1, 0.15) is 0 Å². The highest BCUT2D eigenvalue weighted by Crippen LogP contribution is 2.29. The zero-order valence-electron chi connectivity index (χ0n) is 13.4. The molecule has 0 spiro atoms. The third kappa shape index (κ3) is 4.62. The van der Waals surface area contributed by atoms with Crippen LogP contribution in [-0.4, -0.2) is 70.8 Å². The van der Waals surface area contributed by atoms with E-state index in [-0.39, 0.29) is 33.0 Å². The lowest BCUT2D eigenvalue weighted by molar-refractivity contribution is 0.293. The Bertz CT molecular complexity index is 810. The number of rotatable bonds is 6. The number of sulfone groups is 1. The number of hydrogen-bond donors (Lipinski definition) is 0. The Morgan fingerprint density at radius 2 is 1.83 bits per heavy atom. The van der Waals surface area contributed by atoms with Crippen LogP contribution in [0, 0.1) is 0 Å². The largest absolute Gasteiger partial charge is 0.308 e. The molecule has 1 aliphatic rings. The Morgan fingerprint density at radius 3 is 2.33 bits per heavy atom. The maximum Gasteiger partial charge on any atom is 0.243 e. The predicted octanol–water partition coefficient (Wildman–Crippen LogP) is 1.73. The second-order valence-electron chi connectivity index (χ2n) is 6.05. The number of nitrogens with zero attached hydrogens (tertiary/aromatic N) is 2. The highest BCUT2D eigenvalue weighted by Gasteiger charge is 2.38. The van der Waals surface area contributed by atoms with E-state index in [2.05, 4.69) is 0 Å². The smallest absolute Gasteiger partial charge is 0.243 e. The van der Waals surface area contributed by atoms with Crippen LogP contribution in [0.5, 0.6) is 0 Å². The highest BCUT2D eigenvalue weighted by molar-refractivity contribution is 7.92. The first-order chi connectivity index (χ1) is 11.0. The Balaban J connectivity index is 2.38. The van der Waals surface area contributed by atoms with Crippen molar-refractivity contribution in [3.63, 3.8) is 0 Å². The first-order valence-corrected chi connectivity index (χ1v) is 11.4. The fourth-order valence-corrected chi connectivity index (χ4v) is 6.43. The fraction of sp³-hybridized carbons (Fsp3) is 0.571. The molecule has 1 atom stereocenters. The predicted molar refractivity (Wildman–Crippen MR) is 96.0 cm³/mol. The number of halogens is 2. The third-order valence-corrected chi connectivity index (χ3v) is 8.32. The van der Waals surface area contributed by atoms with Crippen molar-refractivity contribution in [1.29, 1.82) is 0 Å². The molecule has 1 aliphatic heterocycles. The number of benzene rings is 1. The first kappa shape index (κ1) is 19.9. The Labute approximate surface area is 153 Å². The maximum atomic E-state index is 13.0. The van der Waals surface area contributed by atoms with Crippen molar-refractivity contribution in [2.75, 3.05) is 38.7 Å². The van der Waals surface area contributed by atoms with Crippen molar-refractivity contribution in [1.82, 2.24) is 9.21 Å². The summed E-state index contributed by atoms with van der Waals surface area (Å²) in [4.78, 5) is 1.86. The summed E-state index contributed by atoms with van der Waals surface area (Å²) in [6.45, 7) is 0.687. The molecule has 1 aromatic rings. The summed E-state index contributed by atoms with van der Waals surface area (Å²) < 4.78 is 50.9. The molecule has 0 radical (unpaired) electrons. The lowest BCUT2D eigenvalue weighted by atomic mass is 10.2. The van der Waals surface area contributed by atoms with Gasteiger partial charge < -0.3 is 4.90 Å². The number of sulfonamides is 1. The van der Waals surface area contributed by atoms with Crippen molar-refractivity contribution in [2.45, 2.75) is 17.4 Å². The van der Waals surface area contributed by atoms with E-state index >= 15 is 0 Å². The van der Waals surface area contributed by atoms with Crippen LogP contribution < -0.4 is 0 Å². The molecule has 10 heteroatoms. The normalized spacial score (nSPS) is 20.8. The van der Waals surface area contributed by atoms with Gasteiger partial charge >= 0.3 is 0 Å². The van der Waals surface area contributed by atoms with Crippen molar-refractivity contribution in [3.8, 4) is 0 Å². The molecule has 136 valence electrons. The van der Waals surface area contributed by atoms with Gasteiger partial charge in [-0.25, -0.2) is 16.8 Å². The van der Waals surface area contributed by atoms with Crippen LogP contribution in [0.1, 0.15) is 6.42 Å². The lowest BCUT2D eigenvalue weighted by Gasteiger charge is -2.28. The molecule has 0 N–H and O–H groups in total. The van der Waals surface area contributed by atoms with E-state index < -0.39 is 25.9 Å². The molecule has 1 heterocycles. The van der Waals surface area contributed by atoms with E-state index in [9.17, 15) is 16.8 Å². The van der Waals surface area contributed by atoms with Gasteiger partial charge in [0.25, 0.3) is 0 Å². The number of hydrogen-bond acceptors (Lipinski definition) is 5.